The van der Waals surface area contributed by atoms with Gasteiger partial charge in [0.05, 0.1) is 6.61 Å². The van der Waals surface area contributed by atoms with Crippen LogP contribution in [0.25, 0.3) is 0 Å². The van der Waals surface area contributed by atoms with E-state index in [-0.39, 0.29) is 0 Å². The molecule has 1 heterocycles. The summed E-state index contributed by atoms with van der Waals surface area (Å²) in [6.07, 6.45) is 2.73. The lowest BCUT2D eigenvalue weighted by Gasteiger charge is -2.13. The summed E-state index contributed by atoms with van der Waals surface area (Å²) in [6.45, 7) is 5.48. The molecule has 0 saturated carbocycles. The van der Waals surface area contributed by atoms with Crippen LogP contribution in [0, 0.1) is 6.92 Å². The van der Waals surface area contributed by atoms with Crippen molar-refractivity contribution in [3.05, 3.63) is 47.7 Å². The molecule has 0 unspecified atom stereocenters. The van der Waals surface area contributed by atoms with Crippen molar-refractivity contribution in [3.63, 3.8) is 0 Å². The predicted octanol–water partition coefficient (Wildman–Crippen LogP) is 3.37. The average molecular weight is 271 g/mol. The van der Waals surface area contributed by atoms with Crippen LogP contribution in [0.4, 0.5) is 11.5 Å². The minimum atomic E-state index is 0.677. The molecule has 0 amide bonds. The molecule has 0 aliphatic heterocycles. The van der Waals surface area contributed by atoms with Gasteiger partial charge in [-0.3, -0.25) is 0 Å². The molecule has 0 saturated heterocycles. The highest BCUT2D eigenvalue weighted by Gasteiger charge is 2.06. The van der Waals surface area contributed by atoms with Crippen molar-refractivity contribution in [2.45, 2.75) is 26.8 Å². The predicted molar refractivity (Wildman–Crippen MR) is 82.9 cm³/mol. The molecule has 3 N–H and O–H groups in total. The standard InChI is InChI=1S/C16H21N3O/c1-3-10-20-15-8-5-9-18-16(15)19-11-13-6-4-7-14(17)12(13)2/h4-9H,3,10-11,17H2,1-2H3,(H,18,19). The number of hydrogen-bond donors (Lipinski definition) is 2. The van der Waals surface area contributed by atoms with Gasteiger partial charge in [0.25, 0.3) is 0 Å². The summed E-state index contributed by atoms with van der Waals surface area (Å²) in [5.74, 6) is 1.55. The molecule has 0 atom stereocenters. The molecule has 1 aromatic heterocycles. The van der Waals surface area contributed by atoms with Crippen molar-refractivity contribution in [3.8, 4) is 5.75 Å². The summed E-state index contributed by atoms with van der Waals surface area (Å²) in [5, 5.41) is 3.31. The van der Waals surface area contributed by atoms with Crippen LogP contribution in [-0.4, -0.2) is 11.6 Å². The Balaban J connectivity index is 2.09. The molecule has 0 fully saturated rings. The number of pyridine rings is 1. The minimum absolute atomic E-state index is 0.677. The SMILES string of the molecule is CCCOc1cccnc1NCc1cccc(N)c1C. The van der Waals surface area contributed by atoms with Crippen molar-refractivity contribution in [2.24, 2.45) is 0 Å². The van der Waals surface area contributed by atoms with Gasteiger partial charge in [-0.05, 0) is 42.7 Å². The van der Waals surface area contributed by atoms with E-state index in [1.807, 2.05) is 31.2 Å². The van der Waals surface area contributed by atoms with Crippen LogP contribution in [-0.2, 0) is 6.54 Å². The second kappa shape index (κ2) is 6.80. The van der Waals surface area contributed by atoms with Crippen molar-refractivity contribution >= 4 is 11.5 Å². The van der Waals surface area contributed by atoms with Crippen LogP contribution in [0.5, 0.6) is 5.75 Å². The summed E-state index contributed by atoms with van der Waals surface area (Å²) in [4.78, 5) is 4.33. The Bertz CT molecular complexity index is 569. The Labute approximate surface area is 120 Å². The van der Waals surface area contributed by atoms with Crippen LogP contribution >= 0.6 is 0 Å². The number of ether oxygens (including phenoxy) is 1. The fraction of sp³-hybridized carbons (Fsp3) is 0.312. The number of nitrogens with zero attached hydrogens (tertiary/aromatic N) is 1. The number of anilines is 2. The number of aromatic nitrogens is 1. The number of nitrogens with two attached hydrogens (primary N) is 1. The van der Waals surface area contributed by atoms with Crippen LogP contribution < -0.4 is 15.8 Å². The zero-order valence-electron chi connectivity index (χ0n) is 12.0. The third-order valence-electron chi connectivity index (χ3n) is 3.17. The maximum Gasteiger partial charge on any atom is 0.169 e. The van der Waals surface area contributed by atoms with Gasteiger partial charge in [-0.2, -0.15) is 0 Å². The zero-order chi connectivity index (χ0) is 14.4. The smallest absolute Gasteiger partial charge is 0.169 e. The van der Waals surface area contributed by atoms with Crippen LogP contribution in [0.2, 0.25) is 0 Å². The summed E-state index contributed by atoms with van der Waals surface area (Å²) in [6, 6.07) is 9.75. The Morgan fingerprint density at radius 3 is 2.90 bits per heavy atom. The second-order valence-electron chi connectivity index (χ2n) is 4.68. The van der Waals surface area contributed by atoms with Gasteiger partial charge in [0.1, 0.15) is 0 Å². The molecule has 0 aliphatic rings. The molecule has 0 bridgehead atoms. The molecular formula is C16H21N3O. The molecule has 20 heavy (non-hydrogen) atoms. The molecule has 2 rings (SSSR count). The van der Waals surface area contributed by atoms with Gasteiger partial charge in [-0.15, -0.1) is 0 Å². The van der Waals surface area contributed by atoms with E-state index in [2.05, 4.69) is 23.3 Å². The highest BCUT2D eigenvalue weighted by molar-refractivity contribution is 5.53. The lowest BCUT2D eigenvalue weighted by molar-refractivity contribution is 0.318. The van der Waals surface area contributed by atoms with Gasteiger partial charge in [-0.1, -0.05) is 19.1 Å². The Kier molecular flexibility index (Phi) is 4.82. The Morgan fingerprint density at radius 1 is 1.25 bits per heavy atom. The normalized spacial score (nSPS) is 10.3. The first-order valence-electron chi connectivity index (χ1n) is 6.88. The molecule has 4 heteroatoms. The number of rotatable bonds is 6. The molecule has 0 spiro atoms. The van der Waals surface area contributed by atoms with Crippen LogP contribution in [0.3, 0.4) is 0 Å². The lowest BCUT2D eigenvalue weighted by Crippen LogP contribution is -2.07. The third kappa shape index (κ3) is 3.41. The first-order chi connectivity index (χ1) is 9.72. The summed E-state index contributed by atoms with van der Waals surface area (Å²) in [5.41, 5.74) is 9.00. The van der Waals surface area contributed by atoms with Crippen molar-refractivity contribution < 1.29 is 4.74 Å². The largest absolute Gasteiger partial charge is 0.490 e. The topological polar surface area (TPSA) is 60.2 Å². The summed E-state index contributed by atoms with van der Waals surface area (Å²) < 4.78 is 5.68. The molecule has 2 aromatic rings. The zero-order valence-corrected chi connectivity index (χ0v) is 12.0. The molecule has 0 radical (unpaired) electrons. The van der Waals surface area contributed by atoms with Gasteiger partial charge in [-0.25, -0.2) is 4.98 Å². The molecule has 4 nitrogen and oxygen atoms in total. The van der Waals surface area contributed by atoms with Gasteiger partial charge in [0.15, 0.2) is 11.6 Å². The number of nitrogen functional groups attached to an aromatic ring is 1. The lowest BCUT2D eigenvalue weighted by atomic mass is 10.1. The average Bonchev–Trinajstić information content (AvgIpc) is 2.47. The number of hydrogen-bond acceptors (Lipinski definition) is 4. The van der Waals surface area contributed by atoms with E-state index in [1.165, 1.54) is 0 Å². The van der Waals surface area contributed by atoms with E-state index in [0.29, 0.717) is 13.2 Å². The van der Waals surface area contributed by atoms with E-state index in [1.54, 1.807) is 6.20 Å². The van der Waals surface area contributed by atoms with Crippen LogP contribution in [0.15, 0.2) is 36.5 Å². The van der Waals surface area contributed by atoms with Crippen LogP contribution in [0.1, 0.15) is 24.5 Å². The van der Waals surface area contributed by atoms with E-state index in [0.717, 1.165) is 34.8 Å². The first-order valence-corrected chi connectivity index (χ1v) is 6.88. The monoisotopic (exact) mass is 271 g/mol. The maximum absolute atomic E-state index is 5.92. The van der Waals surface area contributed by atoms with Crippen molar-refractivity contribution in [1.29, 1.82) is 0 Å². The minimum Gasteiger partial charge on any atom is -0.490 e. The van der Waals surface area contributed by atoms with E-state index in [9.17, 15) is 0 Å². The summed E-state index contributed by atoms with van der Waals surface area (Å²) >= 11 is 0. The van der Waals surface area contributed by atoms with E-state index < -0.39 is 0 Å². The van der Waals surface area contributed by atoms with Gasteiger partial charge in [0.2, 0.25) is 0 Å². The maximum atomic E-state index is 5.92. The second-order valence-corrected chi connectivity index (χ2v) is 4.68. The number of nitrogens with one attached hydrogen (secondary N) is 1. The fourth-order valence-electron chi connectivity index (χ4n) is 1.93. The third-order valence-corrected chi connectivity index (χ3v) is 3.17. The highest BCUT2D eigenvalue weighted by Crippen LogP contribution is 2.23. The molecule has 0 aliphatic carbocycles. The van der Waals surface area contributed by atoms with Crippen molar-refractivity contribution in [2.75, 3.05) is 17.7 Å². The highest BCUT2D eigenvalue weighted by atomic mass is 16.5. The molecule has 1 aromatic carbocycles. The number of benzene rings is 1. The van der Waals surface area contributed by atoms with Gasteiger partial charge in [0, 0.05) is 18.4 Å². The van der Waals surface area contributed by atoms with E-state index in [4.69, 9.17) is 10.5 Å². The fourth-order valence-corrected chi connectivity index (χ4v) is 1.93. The Morgan fingerprint density at radius 2 is 2.10 bits per heavy atom. The molecule has 106 valence electrons. The van der Waals surface area contributed by atoms with Gasteiger partial charge < -0.3 is 15.8 Å². The van der Waals surface area contributed by atoms with Gasteiger partial charge >= 0.3 is 0 Å². The Hall–Kier alpha value is -2.23. The van der Waals surface area contributed by atoms with E-state index >= 15 is 0 Å². The quantitative estimate of drug-likeness (QED) is 0.791. The molecular weight excluding hydrogens is 250 g/mol. The summed E-state index contributed by atoms with van der Waals surface area (Å²) in [7, 11) is 0. The van der Waals surface area contributed by atoms with Crippen molar-refractivity contribution in [1.82, 2.24) is 4.98 Å². The first kappa shape index (κ1) is 14.2.